The molecule has 0 saturated carbocycles. The zero-order chi connectivity index (χ0) is 7.84. The van der Waals surface area contributed by atoms with Gasteiger partial charge in [-0.15, -0.1) is 0 Å². The Hall–Kier alpha value is -0.970. The number of fused-ring (bicyclic) bond motifs is 1. The summed E-state index contributed by atoms with van der Waals surface area (Å²) in [6.45, 7) is 0. The summed E-state index contributed by atoms with van der Waals surface area (Å²) < 4.78 is 2.66. The van der Waals surface area contributed by atoms with Crippen molar-refractivity contribution in [3.8, 4) is 0 Å². The fourth-order valence-corrected chi connectivity index (χ4v) is 1.26. The first-order valence-electron chi connectivity index (χ1n) is 3.07. The van der Waals surface area contributed by atoms with Gasteiger partial charge in [-0.25, -0.2) is 15.0 Å². The van der Waals surface area contributed by atoms with Gasteiger partial charge in [-0.3, -0.25) is 0 Å². The van der Waals surface area contributed by atoms with Crippen molar-refractivity contribution in [3.05, 3.63) is 17.3 Å². The van der Waals surface area contributed by atoms with Crippen molar-refractivity contribution >= 4 is 27.1 Å². The van der Waals surface area contributed by atoms with Crippen LogP contribution in [0.1, 0.15) is 0 Å². The molecule has 4 nitrogen and oxygen atoms in total. The van der Waals surface area contributed by atoms with E-state index in [2.05, 4.69) is 30.9 Å². The zero-order valence-corrected chi connectivity index (χ0v) is 7.41. The molecule has 0 amide bonds. The number of hydrogen-bond acceptors (Lipinski definition) is 3. The van der Waals surface area contributed by atoms with Gasteiger partial charge < -0.3 is 4.57 Å². The lowest BCUT2D eigenvalue weighted by Gasteiger charge is -1.91. The van der Waals surface area contributed by atoms with E-state index in [1.807, 2.05) is 11.6 Å². The summed E-state index contributed by atoms with van der Waals surface area (Å²) in [5.74, 6) is 0. The second-order valence-electron chi connectivity index (χ2n) is 2.17. The summed E-state index contributed by atoms with van der Waals surface area (Å²) in [6, 6.07) is 0. The van der Waals surface area contributed by atoms with Gasteiger partial charge in [0.1, 0.15) is 11.8 Å². The summed E-state index contributed by atoms with van der Waals surface area (Å²) in [5, 5.41) is 0. The van der Waals surface area contributed by atoms with E-state index in [-0.39, 0.29) is 0 Å². The van der Waals surface area contributed by atoms with Crippen LogP contribution in [0, 0.1) is 0 Å². The lowest BCUT2D eigenvalue weighted by atomic mass is 10.5. The Balaban J connectivity index is 2.92. The Labute approximate surface area is 71.4 Å². The van der Waals surface area contributed by atoms with Gasteiger partial charge in [-0.2, -0.15) is 0 Å². The highest BCUT2D eigenvalue weighted by Gasteiger charge is 2.03. The number of rotatable bonds is 0. The minimum atomic E-state index is 0.717. The molecular formula is C6H5BrN4. The van der Waals surface area contributed by atoms with E-state index in [9.17, 15) is 0 Å². The average Bonchev–Trinajstić information content (AvgIpc) is 2.30. The van der Waals surface area contributed by atoms with Crippen LogP contribution in [0.3, 0.4) is 0 Å². The van der Waals surface area contributed by atoms with Crippen LogP contribution in [0.2, 0.25) is 0 Å². The minimum Gasteiger partial charge on any atom is -0.319 e. The van der Waals surface area contributed by atoms with Crippen molar-refractivity contribution in [3.63, 3.8) is 0 Å². The van der Waals surface area contributed by atoms with E-state index in [1.165, 1.54) is 6.33 Å². The summed E-state index contributed by atoms with van der Waals surface area (Å²) in [6.07, 6.45) is 3.22. The molecule has 2 heterocycles. The lowest BCUT2D eigenvalue weighted by molar-refractivity contribution is 0.910. The molecule has 0 bridgehead atoms. The van der Waals surface area contributed by atoms with Crippen LogP contribution in [0.5, 0.6) is 0 Å². The largest absolute Gasteiger partial charge is 0.319 e. The summed E-state index contributed by atoms with van der Waals surface area (Å²) in [4.78, 5) is 12.0. The van der Waals surface area contributed by atoms with Crippen molar-refractivity contribution in [1.29, 1.82) is 0 Å². The Morgan fingerprint density at radius 1 is 1.55 bits per heavy atom. The minimum absolute atomic E-state index is 0.717. The molecule has 0 unspecified atom stereocenters. The molecule has 0 aromatic carbocycles. The smallest absolute Gasteiger partial charge is 0.181 e. The van der Waals surface area contributed by atoms with Gasteiger partial charge in [-0.1, -0.05) is 0 Å². The predicted octanol–water partition coefficient (Wildman–Crippen LogP) is 1.13. The molecule has 0 aliphatic carbocycles. The molecule has 0 radical (unpaired) electrons. The molecular weight excluding hydrogens is 208 g/mol. The highest BCUT2D eigenvalue weighted by Crippen LogP contribution is 2.14. The van der Waals surface area contributed by atoms with Crippen LogP contribution in [0.15, 0.2) is 17.3 Å². The van der Waals surface area contributed by atoms with E-state index in [0.29, 0.717) is 0 Å². The van der Waals surface area contributed by atoms with Crippen LogP contribution in [-0.2, 0) is 7.05 Å². The number of nitrogens with zero attached hydrogens (tertiary/aromatic N) is 4. The maximum absolute atomic E-state index is 4.14. The molecule has 2 aromatic heterocycles. The third-order valence-corrected chi connectivity index (χ3v) is 2.22. The molecule has 5 heteroatoms. The quantitative estimate of drug-likeness (QED) is 0.616. The van der Waals surface area contributed by atoms with Gasteiger partial charge in [0.2, 0.25) is 0 Å². The number of hydrogen-bond donors (Lipinski definition) is 0. The van der Waals surface area contributed by atoms with E-state index in [0.717, 1.165) is 15.9 Å². The van der Waals surface area contributed by atoms with Crippen LogP contribution in [0.25, 0.3) is 11.2 Å². The summed E-state index contributed by atoms with van der Waals surface area (Å²) in [7, 11) is 1.91. The Bertz CT molecular complexity index is 394. The van der Waals surface area contributed by atoms with Crippen LogP contribution >= 0.6 is 15.9 Å². The van der Waals surface area contributed by atoms with Gasteiger partial charge in [0, 0.05) is 7.05 Å². The molecule has 2 rings (SSSR count). The molecule has 0 N–H and O–H groups in total. The maximum atomic E-state index is 4.14. The van der Waals surface area contributed by atoms with Crippen LogP contribution in [0.4, 0.5) is 0 Å². The number of imidazole rings is 1. The second-order valence-corrected chi connectivity index (χ2v) is 2.88. The highest BCUT2D eigenvalue weighted by atomic mass is 79.9. The van der Waals surface area contributed by atoms with Gasteiger partial charge in [0.05, 0.1) is 6.20 Å². The summed E-state index contributed by atoms with van der Waals surface area (Å²) >= 11 is 3.29. The predicted molar refractivity (Wildman–Crippen MR) is 44.0 cm³/mol. The fraction of sp³-hybridized carbons (Fsp3) is 0.167. The normalized spacial score (nSPS) is 10.7. The van der Waals surface area contributed by atoms with E-state index < -0.39 is 0 Å². The van der Waals surface area contributed by atoms with Crippen molar-refractivity contribution in [1.82, 2.24) is 19.5 Å². The van der Waals surface area contributed by atoms with Crippen molar-refractivity contribution in [2.75, 3.05) is 0 Å². The van der Waals surface area contributed by atoms with Crippen molar-refractivity contribution < 1.29 is 0 Å². The lowest BCUT2D eigenvalue weighted by Crippen LogP contribution is -1.87. The van der Waals surface area contributed by atoms with Gasteiger partial charge >= 0.3 is 0 Å². The van der Waals surface area contributed by atoms with E-state index in [1.54, 1.807) is 6.20 Å². The van der Waals surface area contributed by atoms with Gasteiger partial charge in [-0.05, 0) is 15.9 Å². The number of aryl methyl sites for hydroxylation is 1. The van der Waals surface area contributed by atoms with E-state index in [4.69, 9.17) is 0 Å². The third kappa shape index (κ3) is 0.920. The van der Waals surface area contributed by atoms with Crippen molar-refractivity contribution in [2.24, 2.45) is 7.05 Å². The number of aromatic nitrogens is 4. The Morgan fingerprint density at radius 3 is 3.09 bits per heavy atom. The standard InChI is InChI=1S/C6H5BrN4/c1-11-4-2-8-3-9-5(4)10-6(11)7/h2-3H,1H3. The summed E-state index contributed by atoms with van der Waals surface area (Å²) in [5.41, 5.74) is 1.65. The first kappa shape index (κ1) is 6.72. The Kier molecular flexibility index (Phi) is 1.38. The molecule has 0 saturated heterocycles. The first-order valence-corrected chi connectivity index (χ1v) is 3.86. The highest BCUT2D eigenvalue weighted by molar-refractivity contribution is 9.10. The molecule has 56 valence electrons. The molecule has 11 heavy (non-hydrogen) atoms. The van der Waals surface area contributed by atoms with Crippen LogP contribution < -0.4 is 0 Å². The van der Waals surface area contributed by atoms with Crippen molar-refractivity contribution in [2.45, 2.75) is 0 Å². The van der Waals surface area contributed by atoms with Gasteiger partial charge in [0.15, 0.2) is 10.4 Å². The molecule has 0 aliphatic heterocycles. The topological polar surface area (TPSA) is 43.6 Å². The third-order valence-electron chi connectivity index (χ3n) is 1.51. The van der Waals surface area contributed by atoms with E-state index >= 15 is 0 Å². The van der Waals surface area contributed by atoms with Crippen LogP contribution in [-0.4, -0.2) is 19.5 Å². The molecule has 0 fully saturated rings. The SMILES string of the molecule is Cn1c(Br)nc2ncncc21. The monoisotopic (exact) mass is 212 g/mol. The average molecular weight is 213 g/mol. The Morgan fingerprint density at radius 2 is 2.36 bits per heavy atom. The molecule has 0 atom stereocenters. The zero-order valence-electron chi connectivity index (χ0n) is 5.82. The molecule has 0 aliphatic rings. The number of halogens is 1. The second kappa shape index (κ2) is 2.27. The first-order chi connectivity index (χ1) is 5.29. The molecule has 2 aromatic rings. The molecule has 0 spiro atoms. The van der Waals surface area contributed by atoms with Gasteiger partial charge in [0.25, 0.3) is 0 Å². The fourth-order valence-electron chi connectivity index (χ4n) is 0.900. The maximum Gasteiger partial charge on any atom is 0.181 e.